The third-order valence-electron chi connectivity index (χ3n) is 1.88. The van der Waals surface area contributed by atoms with Gasteiger partial charge >= 0.3 is 12.0 Å². The second kappa shape index (κ2) is 7.13. The van der Waals surface area contributed by atoms with Crippen LogP contribution in [0.3, 0.4) is 0 Å². The van der Waals surface area contributed by atoms with Crippen molar-refractivity contribution in [1.82, 2.24) is 5.32 Å². The summed E-state index contributed by atoms with van der Waals surface area (Å²) in [6, 6.07) is -1.97. The van der Waals surface area contributed by atoms with Crippen molar-refractivity contribution in [3.8, 4) is 0 Å². The quantitative estimate of drug-likeness (QED) is 0.503. The van der Waals surface area contributed by atoms with Gasteiger partial charge in [0.15, 0.2) is 0 Å². The van der Waals surface area contributed by atoms with Crippen molar-refractivity contribution < 1.29 is 19.5 Å². The highest BCUT2D eigenvalue weighted by atomic mass is 32.2. The fourth-order valence-electron chi connectivity index (χ4n) is 1.04. The van der Waals surface area contributed by atoms with E-state index in [1.165, 1.54) is 0 Å². The van der Waals surface area contributed by atoms with Crippen LogP contribution >= 0.6 is 11.8 Å². The first-order valence-electron chi connectivity index (χ1n) is 4.96. The van der Waals surface area contributed by atoms with Gasteiger partial charge in [-0.05, 0) is 5.92 Å². The molecule has 0 aliphatic heterocycles. The van der Waals surface area contributed by atoms with Gasteiger partial charge in [0.1, 0.15) is 6.04 Å². The Kier molecular flexibility index (Phi) is 6.59. The number of primary amides is 1. The summed E-state index contributed by atoms with van der Waals surface area (Å²) in [5.74, 6) is -1.64. The van der Waals surface area contributed by atoms with Gasteiger partial charge in [0.05, 0.1) is 5.25 Å². The van der Waals surface area contributed by atoms with Gasteiger partial charge in [0.25, 0.3) is 0 Å². The average molecular weight is 263 g/mol. The molecule has 1 unspecified atom stereocenters. The maximum Gasteiger partial charge on any atom is 0.321 e. The first kappa shape index (κ1) is 15.7. The van der Waals surface area contributed by atoms with E-state index in [2.05, 4.69) is 0 Å². The average Bonchev–Trinajstić information content (AvgIpc) is 2.15. The monoisotopic (exact) mass is 263 g/mol. The predicted octanol–water partition coefficient (Wildman–Crippen LogP) is -0.649. The number of aliphatic carboxylic acids is 1. The minimum atomic E-state index is -1.13. The Morgan fingerprint density at radius 2 is 1.88 bits per heavy atom. The van der Waals surface area contributed by atoms with Crippen LogP contribution in [0.25, 0.3) is 0 Å². The smallest absolute Gasteiger partial charge is 0.321 e. The van der Waals surface area contributed by atoms with Crippen LogP contribution in [0.2, 0.25) is 0 Å². The molecule has 0 aromatic rings. The molecule has 0 bridgehead atoms. The predicted molar refractivity (Wildman–Crippen MR) is 64.4 cm³/mol. The van der Waals surface area contributed by atoms with E-state index in [0.29, 0.717) is 0 Å². The van der Waals surface area contributed by atoms with Gasteiger partial charge < -0.3 is 16.6 Å². The molecule has 0 aliphatic carbocycles. The molecule has 0 heterocycles. The zero-order chi connectivity index (χ0) is 13.6. The molecule has 7 nitrogen and oxygen atoms in total. The number of urea groups is 1. The van der Waals surface area contributed by atoms with E-state index >= 15 is 0 Å². The lowest BCUT2D eigenvalue weighted by Crippen LogP contribution is -2.43. The van der Waals surface area contributed by atoms with Crippen molar-refractivity contribution in [2.24, 2.45) is 17.4 Å². The van der Waals surface area contributed by atoms with Crippen molar-refractivity contribution in [3.05, 3.63) is 0 Å². The number of carboxylic acid groups (broad SMARTS) is 1. The number of nitrogens with two attached hydrogens (primary N) is 2. The minimum Gasteiger partial charge on any atom is -0.480 e. The highest BCUT2D eigenvalue weighted by molar-refractivity contribution is 8.00. The molecule has 0 saturated carbocycles. The Labute approximate surface area is 103 Å². The minimum absolute atomic E-state index is 0.0691. The Balaban J connectivity index is 4.39. The Morgan fingerprint density at radius 3 is 2.24 bits per heavy atom. The van der Waals surface area contributed by atoms with Gasteiger partial charge in [0.2, 0.25) is 5.91 Å². The highest BCUT2D eigenvalue weighted by Crippen LogP contribution is 2.20. The molecular weight excluding hydrogens is 246 g/mol. The van der Waals surface area contributed by atoms with Crippen molar-refractivity contribution >= 4 is 29.7 Å². The van der Waals surface area contributed by atoms with E-state index in [1.54, 1.807) is 13.8 Å². The molecule has 6 N–H and O–H groups in total. The number of nitrogens with one attached hydrogen (secondary N) is 1. The van der Waals surface area contributed by atoms with E-state index in [-0.39, 0.29) is 11.7 Å². The summed E-state index contributed by atoms with van der Waals surface area (Å²) in [6.07, 6.45) is 0. The van der Waals surface area contributed by atoms with E-state index in [4.69, 9.17) is 16.6 Å². The van der Waals surface area contributed by atoms with Crippen molar-refractivity contribution in [1.29, 1.82) is 0 Å². The largest absolute Gasteiger partial charge is 0.480 e. The summed E-state index contributed by atoms with van der Waals surface area (Å²) in [5, 5.41) is 10.0. The standard InChI is InChI=1S/C9H17N3O4S/c1-4(2)6(7(13)12-9(11)16)17-3-5(10)8(14)15/h4-6H,3,10H2,1-2H3,(H,14,15)(H3,11,12,13,16)/t5-,6?/m1/s1. The number of amides is 3. The SMILES string of the molecule is CC(C)C(SC[C@@H](N)C(=O)O)C(=O)NC(N)=O. The number of carbonyl (C=O) groups excluding carboxylic acids is 2. The molecule has 0 aliphatic rings. The molecular formula is C9H17N3O4S. The molecule has 0 spiro atoms. The number of thioether (sulfide) groups is 1. The highest BCUT2D eigenvalue weighted by Gasteiger charge is 2.25. The fourth-order valence-corrected chi connectivity index (χ4v) is 2.19. The summed E-state index contributed by atoms with van der Waals surface area (Å²) >= 11 is 1.09. The summed E-state index contributed by atoms with van der Waals surface area (Å²) in [5.41, 5.74) is 10.2. The maximum absolute atomic E-state index is 11.6. The Hall–Kier alpha value is -1.28. The van der Waals surface area contributed by atoms with Crippen LogP contribution in [-0.4, -0.2) is 40.1 Å². The maximum atomic E-state index is 11.6. The molecule has 2 atom stereocenters. The molecule has 0 rings (SSSR count). The van der Waals surface area contributed by atoms with Gasteiger partial charge in [-0.2, -0.15) is 0 Å². The molecule has 0 fully saturated rings. The van der Waals surface area contributed by atoms with Crippen molar-refractivity contribution in [3.63, 3.8) is 0 Å². The van der Waals surface area contributed by atoms with Crippen LogP contribution in [0.1, 0.15) is 13.8 Å². The summed E-state index contributed by atoms with van der Waals surface area (Å²) in [7, 11) is 0. The Bertz CT molecular complexity index is 309. The fraction of sp³-hybridized carbons (Fsp3) is 0.667. The van der Waals surface area contributed by atoms with Gasteiger partial charge in [0, 0.05) is 5.75 Å². The number of hydrogen-bond acceptors (Lipinski definition) is 5. The lowest BCUT2D eigenvalue weighted by Gasteiger charge is -2.19. The van der Waals surface area contributed by atoms with E-state index in [9.17, 15) is 14.4 Å². The number of imide groups is 1. The molecule has 0 aromatic heterocycles. The molecule has 8 heteroatoms. The summed E-state index contributed by atoms with van der Waals surface area (Å²) in [4.78, 5) is 32.6. The van der Waals surface area contributed by atoms with E-state index < -0.39 is 29.2 Å². The third kappa shape index (κ3) is 6.12. The Morgan fingerprint density at radius 1 is 1.35 bits per heavy atom. The van der Waals surface area contributed by atoms with Gasteiger partial charge in [-0.15, -0.1) is 11.8 Å². The van der Waals surface area contributed by atoms with Crippen LogP contribution < -0.4 is 16.8 Å². The normalized spacial score (nSPS) is 14.1. The van der Waals surface area contributed by atoms with Crippen LogP contribution in [0.4, 0.5) is 4.79 Å². The first-order chi connectivity index (χ1) is 7.75. The van der Waals surface area contributed by atoms with Crippen LogP contribution in [-0.2, 0) is 9.59 Å². The molecule has 98 valence electrons. The summed E-state index contributed by atoms with van der Waals surface area (Å²) in [6.45, 7) is 3.56. The second-order valence-corrected chi connectivity index (χ2v) is 4.97. The number of carboxylic acids is 1. The van der Waals surface area contributed by atoms with Crippen molar-refractivity contribution in [2.45, 2.75) is 25.1 Å². The zero-order valence-electron chi connectivity index (χ0n) is 9.67. The molecule has 0 saturated heterocycles. The third-order valence-corrected chi connectivity index (χ3v) is 3.55. The van der Waals surface area contributed by atoms with Gasteiger partial charge in [-0.1, -0.05) is 13.8 Å². The summed E-state index contributed by atoms with van der Waals surface area (Å²) < 4.78 is 0. The zero-order valence-corrected chi connectivity index (χ0v) is 10.5. The van der Waals surface area contributed by atoms with E-state index in [0.717, 1.165) is 11.8 Å². The first-order valence-corrected chi connectivity index (χ1v) is 6.00. The number of hydrogen-bond donors (Lipinski definition) is 4. The van der Waals surface area contributed by atoms with Gasteiger partial charge in [-0.3, -0.25) is 14.9 Å². The second-order valence-electron chi connectivity index (χ2n) is 3.80. The topological polar surface area (TPSA) is 136 Å². The lowest BCUT2D eigenvalue weighted by atomic mass is 10.1. The molecule has 3 amide bonds. The van der Waals surface area contributed by atoms with Crippen LogP contribution in [0.15, 0.2) is 0 Å². The lowest BCUT2D eigenvalue weighted by molar-refractivity contribution is -0.138. The molecule has 0 aromatic carbocycles. The van der Waals surface area contributed by atoms with Crippen LogP contribution in [0.5, 0.6) is 0 Å². The van der Waals surface area contributed by atoms with Crippen LogP contribution in [0, 0.1) is 5.92 Å². The molecule has 0 radical (unpaired) electrons. The van der Waals surface area contributed by atoms with Gasteiger partial charge in [-0.25, -0.2) is 4.79 Å². The number of rotatable bonds is 6. The van der Waals surface area contributed by atoms with Crippen molar-refractivity contribution in [2.75, 3.05) is 5.75 Å². The van der Waals surface area contributed by atoms with E-state index in [1.807, 2.05) is 5.32 Å². The molecule has 17 heavy (non-hydrogen) atoms. The number of carbonyl (C=O) groups is 3.